The van der Waals surface area contributed by atoms with Crippen LogP contribution in [0.3, 0.4) is 0 Å². The molecule has 2 heteroatoms. The summed E-state index contributed by atoms with van der Waals surface area (Å²) in [6.07, 6.45) is 0. The molecule has 0 amide bonds. The van der Waals surface area contributed by atoms with Crippen LogP contribution in [0.2, 0.25) is 0 Å². The largest absolute Gasteiger partial charge is 0.247 e. The second-order valence-corrected chi connectivity index (χ2v) is 5.98. The molecule has 0 atom stereocenters. The molecule has 0 aromatic heterocycles. The number of nitrogens with zero attached hydrogens (tertiary/aromatic N) is 1. The zero-order chi connectivity index (χ0) is 16.1. The molecule has 3 aromatic rings. The molecule has 1 nitrogen and oxygen atoms in total. The fraction of sp³-hybridized carbons (Fsp3) is 0.0952. The average molecular weight is 317 g/mol. The predicted octanol–water partition coefficient (Wildman–Crippen LogP) is 6.35. The monoisotopic (exact) mass is 317 g/mol. The minimum absolute atomic E-state index is 1.04. The molecule has 0 aliphatic carbocycles. The summed E-state index contributed by atoms with van der Waals surface area (Å²) >= 11 is 1.79. The first-order valence-corrected chi connectivity index (χ1v) is 8.74. The van der Waals surface area contributed by atoms with Crippen molar-refractivity contribution in [2.45, 2.75) is 23.6 Å². The van der Waals surface area contributed by atoms with Gasteiger partial charge >= 0.3 is 0 Å². The summed E-state index contributed by atoms with van der Waals surface area (Å²) in [5, 5.41) is 0. The van der Waals surface area contributed by atoms with Crippen molar-refractivity contribution in [3.05, 3.63) is 90.0 Å². The lowest BCUT2D eigenvalue weighted by atomic mass is 10.0. The lowest BCUT2D eigenvalue weighted by Gasteiger charge is -2.08. The predicted molar refractivity (Wildman–Crippen MR) is 100 cm³/mol. The van der Waals surface area contributed by atoms with Gasteiger partial charge in [-0.25, -0.2) is 4.99 Å². The van der Waals surface area contributed by atoms with Crippen LogP contribution in [0.15, 0.2) is 93.6 Å². The van der Waals surface area contributed by atoms with Gasteiger partial charge in [-0.2, -0.15) is 0 Å². The van der Waals surface area contributed by atoms with E-state index in [1.54, 1.807) is 11.8 Å². The summed E-state index contributed by atoms with van der Waals surface area (Å²) < 4.78 is 0. The molecule has 0 N–H and O–H groups in total. The van der Waals surface area contributed by atoms with Crippen molar-refractivity contribution in [3.63, 3.8) is 0 Å². The third kappa shape index (κ3) is 3.22. The van der Waals surface area contributed by atoms with E-state index in [2.05, 4.69) is 66.7 Å². The highest BCUT2D eigenvalue weighted by atomic mass is 32.2. The molecular formula is C21H19NS. The molecule has 4 rings (SSSR count). The Morgan fingerprint density at radius 2 is 1.26 bits per heavy atom. The Morgan fingerprint density at radius 1 is 0.652 bits per heavy atom. The van der Waals surface area contributed by atoms with Gasteiger partial charge in [-0.05, 0) is 18.2 Å². The van der Waals surface area contributed by atoms with Crippen molar-refractivity contribution in [2.24, 2.45) is 4.99 Å². The summed E-state index contributed by atoms with van der Waals surface area (Å²) in [5.41, 5.74) is 4.44. The van der Waals surface area contributed by atoms with Gasteiger partial charge in [0, 0.05) is 20.9 Å². The fourth-order valence-electron chi connectivity index (χ4n) is 2.50. The molecule has 0 bridgehead atoms. The molecule has 0 fully saturated rings. The van der Waals surface area contributed by atoms with Crippen LogP contribution in [0.1, 0.15) is 25.0 Å². The lowest BCUT2D eigenvalue weighted by molar-refractivity contribution is 1.38. The molecule has 23 heavy (non-hydrogen) atoms. The van der Waals surface area contributed by atoms with E-state index in [0.29, 0.717) is 0 Å². The minimum Gasteiger partial charge on any atom is -0.247 e. The molecule has 0 saturated heterocycles. The van der Waals surface area contributed by atoms with Crippen LogP contribution >= 0.6 is 11.8 Å². The second-order valence-electron chi connectivity index (χ2n) is 4.89. The second kappa shape index (κ2) is 7.30. The maximum atomic E-state index is 4.95. The number of para-hydroxylation sites is 1. The van der Waals surface area contributed by atoms with Crippen molar-refractivity contribution in [2.75, 3.05) is 0 Å². The average Bonchev–Trinajstić information content (AvgIpc) is 2.81. The number of hydrogen-bond donors (Lipinski definition) is 0. The number of rotatable bonds is 1. The third-order valence-corrected chi connectivity index (χ3v) is 4.65. The smallest absolute Gasteiger partial charge is 0.0793 e. The van der Waals surface area contributed by atoms with Crippen LogP contribution in [0.25, 0.3) is 0 Å². The maximum absolute atomic E-state index is 4.95. The molecule has 114 valence electrons. The van der Waals surface area contributed by atoms with Gasteiger partial charge in [0.25, 0.3) is 0 Å². The first kappa shape index (κ1) is 15.6. The highest BCUT2D eigenvalue weighted by Crippen LogP contribution is 2.40. The Bertz CT molecular complexity index is 822. The van der Waals surface area contributed by atoms with Crippen molar-refractivity contribution < 1.29 is 0 Å². The van der Waals surface area contributed by atoms with E-state index in [0.717, 1.165) is 17.0 Å². The van der Waals surface area contributed by atoms with E-state index >= 15 is 0 Å². The Morgan fingerprint density at radius 3 is 2.04 bits per heavy atom. The molecule has 1 aliphatic rings. The van der Waals surface area contributed by atoms with E-state index < -0.39 is 0 Å². The third-order valence-electron chi connectivity index (χ3n) is 3.51. The van der Waals surface area contributed by atoms with Crippen LogP contribution in [-0.4, -0.2) is 5.71 Å². The highest BCUT2D eigenvalue weighted by molar-refractivity contribution is 7.99. The summed E-state index contributed by atoms with van der Waals surface area (Å²) in [4.78, 5) is 7.41. The molecule has 1 heterocycles. The minimum atomic E-state index is 1.04. The first-order chi connectivity index (χ1) is 11.4. The zero-order valence-electron chi connectivity index (χ0n) is 13.4. The van der Waals surface area contributed by atoms with Gasteiger partial charge in [0.05, 0.1) is 11.4 Å². The molecule has 0 unspecified atom stereocenters. The first-order valence-electron chi connectivity index (χ1n) is 7.92. The summed E-state index contributed by atoms with van der Waals surface area (Å²) in [7, 11) is 0. The molecule has 0 radical (unpaired) electrons. The molecular weight excluding hydrogens is 298 g/mol. The molecule has 3 aromatic carbocycles. The van der Waals surface area contributed by atoms with Gasteiger partial charge in [-0.15, -0.1) is 0 Å². The Kier molecular flexibility index (Phi) is 4.94. The van der Waals surface area contributed by atoms with Gasteiger partial charge in [-0.1, -0.05) is 86.3 Å². The van der Waals surface area contributed by atoms with Gasteiger partial charge in [0.2, 0.25) is 0 Å². The molecule has 0 spiro atoms. The van der Waals surface area contributed by atoms with Crippen LogP contribution < -0.4 is 0 Å². The summed E-state index contributed by atoms with van der Waals surface area (Å²) in [5.74, 6) is 0. The fourth-order valence-corrected chi connectivity index (χ4v) is 3.53. The molecule has 0 saturated carbocycles. The van der Waals surface area contributed by atoms with Crippen LogP contribution in [-0.2, 0) is 0 Å². The summed E-state index contributed by atoms with van der Waals surface area (Å²) in [6.45, 7) is 4.00. The van der Waals surface area contributed by atoms with E-state index in [4.69, 9.17) is 4.99 Å². The van der Waals surface area contributed by atoms with Crippen molar-refractivity contribution in [3.8, 4) is 0 Å². The van der Waals surface area contributed by atoms with E-state index in [1.165, 1.54) is 15.4 Å². The van der Waals surface area contributed by atoms with E-state index in [1.807, 2.05) is 26.0 Å². The van der Waals surface area contributed by atoms with Crippen LogP contribution in [0.4, 0.5) is 5.69 Å². The Balaban J connectivity index is 0.000000753. The molecule has 1 aliphatic heterocycles. The number of benzene rings is 3. The lowest BCUT2D eigenvalue weighted by Crippen LogP contribution is -2.03. The Hall–Kier alpha value is -2.32. The van der Waals surface area contributed by atoms with Gasteiger partial charge in [0.15, 0.2) is 0 Å². The quantitative estimate of drug-likeness (QED) is 0.398. The van der Waals surface area contributed by atoms with E-state index in [-0.39, 0.29) is 0 Å². The number of fused-ring (bicyclic) bond motifs is 2. The standard InChI is InChI=1S/C19H13NS.C2H6/c1-2-8-14(9-3-1)19-15-10-4-6-12-17(15)21-18-13-7-5-11-16(18)20-19;1-2/h1-13H;1-2H3. The number of aliphatic imine (C=N–C) groups is 1. The zero-order valence-corrected chi connectivity index (χ0v) is 14.2. The van der Waals surface area contributed by atoms with Crippen LogP contribution in [0.5, 0.6) is 0 Å². The number of hydrogen-bond acceptors (Lipinski definition) is 2. The SMILES string of the molecule is CC.c1ccc(C2=Nc3ccccc3Sc3ccccc32)cc1. The normalized spacial score (nSPS) is 12.0. The van der Waals surface area contributed by atoms with Crippen molar-refractivity contribution in [1.82, 2.24) is 0 Å². The van der Waals surface area contributed by atoms with Gasteiger partial charge in [-0.3, -0.25) is 0 Å². The van der Waals surface area contributed by atoms with E-state index in [9.17, 15) is 0 Å². The van der Waals surface area contributed by atoms with Crippen molar-refractivity contribution >= 4 is 23.2 Å². The van der Waals surface area contributed by atoms with Crippen LogP contribution in [0, 0.1) is 0 Å². The van der Waals surface area contributed by atoms with Gasteiger partial charge in [0.1, 0.15) is 0 Å². The maximum Gasteiger partial charge on any atom is 0.0793 e. The summed E-state index contributed by atoms with van der Waals surface area (Å²) in [6, 6.07) is 27.2. The highest BCUT2D eigenvalue weighted by Gasteiger charge is 2.17. The van der Waals surface area contributed by atoms with Gasteiger partial charge < -0.3 is 0 Å². The van der Waals surface area contributed by atoms with Crippen molar-refractivity contribution in [1.29, 1.82) is 0 Å². The topological polar surface area (TPSA) is 12.4 Å². The Labute approximate surface area is 142 Å².